The highest BCUT2D eigenvalue weighted by Crippen LogP contribution is 2.49. The first kappa shape index (κ1) is 26.3. The third-order valence-electron chi connectivity index (χ3n) is 7.84. The smallest absolute Gasteiger partial charge is 0.322 e. The van der Waals surface area contributed by atoms with Crippen molar-refractivity contribution in [2.24, 2.45) is 0 Å². The zero-order valence-electron chi connectivity index (χ0n) is 22.0. The van der Waals surface area contributed by atoms with E-state index in [1.807, 2.05) is 31.2 Å². The molecule has 4 aromatic rings. The molecule has 208 valence electrons. The number of nitrogens with zero attached hydrogens (tertiary/aromatic N) is 2. The van der Waals surface area contributed by atoms with Crippen LogP contribution in [0.25, 0.3) is 10.9 Å². The minimum Gasteiger partial charge on any atom is -0.497 e. The van der Waals surface area contributed by atoms with Gasteiger partial charge in [0.1, 0.15) is 11.6 Å². The Kier molecular flexibility index (Phi) is 6.32. The molecule has 3 N–H and O–H groups in total. The average Bonchev–Trinajstić information content (AvgIpc) is 3.29. The van der Waals surface area contributed by atoms with Crippen molar-refractivity contribution in [3.8, 4) is 5.75 Å². The second-order valence-corrected chi connectivity index (χ2v) is 12.4. The van der Waals surface area contributed by atoms with E-state index in [-0.39, 0.29) is 36.8 Å². The minimum atomic E-state index is -3.77. The summed E-state index contributed by atoms with van der Waals surface area (Å²) in [5, 5.41) is 14.1. The number of aliphatic hydroxyl groups is 1. The van der Waals surface area contributed by atoms with E-state index in [1.165, 1.54) is 27.4 Å². The van der Waals surface area contributed by atoms with Crippen LogP contribution in [0.15, 0.2) is 71.6 Å². The van der Waals surface area contributed by atoms with Crippen LogP contribution in [0.1, 0.15) is 22.9 Å². The number of benzene rings is 3. The molecule has 9 nitrogen and oxygen atoms in total. The topological polar surface area (TPSA) is 115 Å². The fourth-order valence-corrected chi connectivity index (χ4v) is 7.68. The van der Waals surface area contributed by atoms with E-state index in [4.69, 9.17) is 4.74 Å². The zero-order chi connectivity index (χ0) is 28.2. The Morgan fingerprint density at radius 1 is 1.12 bits per heavy atom. The lowest BCUT2D eigenvalue weighted by Gasteiger charge is -2.55. The Bertz CT molecular complexity index is 1730. The molecule has 0 radical (unpaired) electrons. The Morgan fingerprint density at radius 3 is 2.60 bits per heavy atom. The summed E-state index contributed by atoms with van der Waals surface area (Å²) in [6.45, 7) is 1.93. The molecule has 0 saturated carbocycles. The number of hydrogen-bond acceptors (Lipinski definition) is 5. The largest absolute Gasteiger partial charge is 0.497 e. The molecule has 0 aliphatic carbocycles. The van der Waals surface area contributed by atoms with Gasteiger partial charge in [0, 0.05) is 53.4 Å². The van der Waals surface area contributed by atoms with Gasteiger partial charge in [-0.15, -0.1) is 0 Å². The molecule has 3 aromatic carbocycles. The number of H-pyrrole nitrogens is 1. The van der Waals surface area contributed by atoms with Gasteiger partial charge < -0.3 is 25.0 Å². The standard InChI is InChI=1S/C29H29FN4O5S/c1-18-5-3-8-22(11-18)40(37,38)33-15-29(16-33)17-34(28(36)31-20-7-4-6-19(30)12-20)25(14-35)27-26(29)23-10-9-21(39-2)13-24(23)32-27/h3-13,25,32,35H,14-17H2,1-2H3,(H,31,36)/t25-/m1/s1. The van der Waals surface area contributed by atoms with E-state index >= 15 is 0 Å². The van der Waals surface area contributed by atoms with Crippen LogP contribution in [0.2, 0.25) is 0 Å². The highest BCUT2D eigenvalue weighted by atomic mass is 32.2. The van der Waals surface area contributed by atoms with Crippen LogP contribution in [0, 0.1) is 12.7 Å². The van der Waals surface area contributed by atoms with Crippen LogP contribution in [0.5, 0.6) is 5.75 Å². The number of aromatic amines is 1. The second-order valence-electron chi connectivity index (χ2n) is 10.5. The van der Waals surface area contributed by atoms with Crippen LogP contribution in [0.3, 0.4) is 0 Å². The number of rotatable bonds is 5. The number of urea groups is 1. The number of aliphatic hydroxyl groups excluding tert-OH is 1. The number of methoxy groups -OCH3 is 1. The van der Waals surface area contributed by atoms with E-state index in [2.05, 4.69) is 10.3 Å². The van der Waals surface area contributed by atoms with E-state index in [0.717, 1.165) is 22.0 Å². The van der Waals surface area contributed by atoms with E-state index in [1.54, 1.807) is 31.4 Å². The van der Waals surface area contributed by atoms with Crippen LogP contribution in [-0.2, 0) is 15.4 Å². The van der Waals surface area contributed by atoms with Gasteiger partial charge >= 0.3 is 6.03 Å². The number of carbonyl (C=O) groups is 1. The van der Waals surface area contributed by atoms with Gasteiger partial charge in [-0.1, -0.05) is 18.2 Å². The van der Waals surface area contributed by atoms with Crippen molar-refractivity contribution >= 4 is 32.6 Å². The summed E-state index contributed by atoms with van der Waals surface area (Å²) in [6.07, 6.45) is 0. The molecule has 1 fully saturated rings. The van der Waals surface area contributed by atoms with Crippen molar-refractivity contribution in [1.29, 1.82) is 0 Å². The number of sulfonamides is 1. The molecular weight excluding hydrogens is 535 g/mol. The fraction of sp³-hybridized carbons (Fsp3) is 0.276. The summed E-state index contributed by atoms with van der Waals surface area (Å²) in [5.41, 5.74) is 2.67. The normalized spacial score (nSPS) is 18.4. The molecule has 6 rings (SSSR count). The number of fused-ring (bicyclic) bond motifs is 4. The summed E-state index contributed by atoms with van der Waals surface area (Å²) in [7, 11) is -2.20. The Morgan fingerprint density at radius 2 is 1.90 bits per heavy atom. The number of nitrogens with one attached hydrogen (secondary N) is 2. The van der Waals surface area contributed by atoms with Crippen molar-refractivity contribution in [3.05, 3.63) is 89.4 Å². The van der Waals surface area contributed by atoms with Gasteiger partial charge in [-0.25, -0.2) is 17.6 Å². The van der Waals surface area contributed by atoms with Crippen molar-refractivity contribution < 1.29 is 27.4 Å². The third-order valence-corrected chi connectivity index (χ3v) is 9.63. The van der Waals surface area contributed by atoms with Crippen molar-refractivity contribution in [2.75, 3.05) is 38.7 Å². The van der Waals surface area contributed by atoms with Crippen LogP contribution >= 0.6 is 0 Å². The molecule has 1 saturated heterocycles. The van der Waals surface area contributed by atoms with Crippen LogP contribution < -0.4 is 10.1 Å². The van der Waals surface area contributed by atoms with Gasteiger partial charge in [-0.05, 0) is 60.5 Å². The van der Waals surface area contributed by atoms with Gasteiger partial charge in [-0.3, -0.25) is 0 Å². The lowest BCUT2D eigenvalue weighted by atomic mass is 9.70. The summed E-state index contributed by atoms with van der Waals surface area (Å²) < 4.78 is 47.7. The molecule has 2 aliphatic rings. The monoisotopic (exact) mass is 564 g/mol. The molecule has 1 atom stereocenters. The van der Waals surface area contributed by atoms with Gasteiger partial charge in [0.25, 0.3) is 0 Å². The summed E-state index contributed by atoms with van der Waals surface area (Å²) in [6, 6.07) is 16.7. The lowest BCUT2D eigenvalue weighted by Crippen LogP contribution is -2.68. The van der Waals surface area contributed by atoms with Crippen LogP contribution in [0.4, 0.5) is 14.9 Å². The molecule has 11 heteroatoms. The maximum absolute atomic E-state index is 13.8. The maximum atomic E-state index is 13.8. The number of aromatic nitrogens is 1. The number of hydrogen-bond donors (Lipinski definition) is 3. The van der Waals surface area contributed by atoms with Gasteiger partial charge in [0.2, 0.25) is 10.0 Å². The predicted octanol–water partition coefficient (Wildman–Crippen LogP) is 4.15. The van der Waals surface area contributed by atoms with Crippen molar-refractivity contribution in [1.82, 2.24) is 14.2 Å². The lowest BCUT2D eigenvalue weighted by molar-refractivity contribution is 0.0550. The summed E-state index contributed by atoms with van der Waals surface area (Å²) in [4.78, 5) is 18.6. The molecule has 0 bridgehead atoms. The molecule has 2 amide bonds. The summed E-state index contributed by atoms with van der Waals surface area (Å²) >= 11 is 0. The quantitative estimate of drug-likeness (QED) is 0.337. The predicted molar refractivity (Wildman–Crippen MR) is 148 cm³/mol. The first-order chi connectivity index (χ1) is 19.1. The Balaban J connectivity index is 1.42. The van der Waals surface area contributed by atoms with Gasteiger partial charge in [0.05, 0.1) is 24.7 Å². The molecule has 3 heterocycles. The number of amides is 2. The van der Waals surface area contributed by atoms with Crippen molar-refractivity contribution in [3.63, 3.8) is 0 Å². The Labute approximate surface area is 231 Å². The molecule has 1 spiro atoms. The summed E-state index contributed by atoms with van der Waals surface area (Å²) in [5.74, 6) is 0.146. The number of halogens is 1. The first-order valence-electron chi connectivity index (χ1n) is 12.9. The number of ether oxygens (including phenoxy) is 1. The third kappa shape index (κ3) is 4.21. The maximum Gasteiger partial charge on any atom is 0.322 e. The SMILES string of the molecule is COc1ccc2c3c([nH]c2c1)[C@@H](CO)N(C(=O)Nc1cccc(F)c1)CC31CN(S(=O)(=O)c2cccc(C)c2)C1. The van der Waals surface area contributed by atoms with Gasteiger partial charge in [-0.2, -0.15) is 4.31 Å². The first-order valence-corrected chi connectivity index (χ1v) is 14.3. The van der Waals surface area contributed by atoms with E-state index in [0.29, 0.717) is 11.4 Å². The average molecular weight is 565 g/mol. The molecule has 1 aromatic heterocycles. The molecule has 40 heavy (non-hydrogen) atoms. The number of carbonyl (C=O) groups excluding carboxylic acids is 1. The van der Waals surface area contributed by atoms with E-state index in [9.17, 15) is 22.7 Å². The molecule has 2 aliphatic heterocycles. The van der Waals surface area contributed by atoms with Crippen LogP contribution in [-0.4, -0.2) is 67.1 Å². The van der Waals surface area contributed by atoms with E-state index < -0.39 is 33.3 Å². The Hall–Kier alpha value is -3.93. The highest BCUT2D eigenvalue weighted by Gasteiger charge is 2.56. The number of anilines is 1. The number of aryl methyl sites for hydroxylation is 1. The fourth-order valence-electron chi connectivity index (χ4n) is 5.96. The second kappa shape index (κ2) is 9.61. The zero-order valence-corrected chi connectivity index (χ0v) is 22.8. The molecule has 0 unspecified atom stereocenters. The highest BCUT2D eigenvalue weighted by molar-refractivity contribution is 7.89. The van der Waals surface area contributed by atoms with Crippen molar-refractivity contribution in [2.45, 2.75) is 23.3 Å². The molecular formula is C29H29FN4O5S. The minimum absolute atomic E-state index is 0.150. The van der Waals surface area contributed by atoms with Gasteiger partial charge in [0.15, 0.2) is 0 Å².